The molecule has 4 heteroatoms. The van der Waals surface area contributed by atoms with E-state index >= 15 is 0 Å². The molecule has 0 atom stereocenters. The lowest BCUT2D eigenvalue weighted by Crippen LogP contribution is -2.26. The van der Waals surface area contributed by atoms with E-state index in [4.69, 9.17) is 4.42 Å². The minimum absolute atomic E-state index is 0.493. The molecule has 3 rings (SSSR count). The summed E-state index contributed by atoms with van der Waals surface area (Å²) < 4.78 is 5.78. The number of hydrogen-bond acceptors (Lipinski definition) is 4. The summed E-state index contributed by atoms with van der Waals surface area (Å²) in [5.41, 5.74) is 0. The lowest BCUT2D eigenvalue weighted by Gasteiger charge is -2.21. The Morgan fingerprint density at radius 3 is 2.07 bits per heavy atom. The monoisotopic (exact) mass is 207 g/mol. The Hall–Kier alpha value is -0.900. The second kappa shape index (κ2) is 3.93. The van der Waals surface area contributed by atoms with Crippen molar-refractivity contribution in [3.8, 4) is 0 Å². The van der Waals surface area contributed by atoms with E-state index in [0.717, 1.165) is 37.7 Å². The molecule has 0 amide bonds. The van der Waals surface area contributed by atoms with Gasteiger partial charge in [0.2, 0.25) is 11.8 Å². The topological polar surface area (TPSA) is 51.0 Å². The first-order valence-electron chi connectivity index (χ1n) is 5.97. The summed E-state index contributed by atoms with van der Waals surface area (Å²) in [6.07, 6.45) is 6.04. The minimum Gasteiger partial charge on any atom is -0.425 e. The summed E-state index contributed by atoms with van der Waals surface area (Å²) in [6, 6.07) is 0. The molecule has 0 radical (unpaired) electrons. The average Bonchev–Trinajstić information content (AvgIpc) is 2.66. The van der Waals surface area contributed by atoms with Gasteiger partial charge in [-0.3, -0.25) is 0 Å². The van der Waals surface area contributed by atoms with Crippen LogP contribution in [0.2, 0.25) is 0 Å². The predicted molar refractivity (Wildman–Crippen MR) is 55.7 cm³/mol. The van der Waals surface area contributed by atoms with Crippen LogP contribution < -0.4 is 5.32 Å². The van der Waals surface area contributed by atoms with Crippen molar-refractivity contribution in [1.29, 1.82) is 0 Å². The molecule has 0 aromatic carbocycles. The van der Waals surface area contributed by atoms with Gasteiger partial charge in [0.15, 0.2) is 0 Å². The lowest BCUT2D eigenvalue weighted by molar-refractivity contribution is 0.304. The molecule has 1 aliphatic carbocycles. The summed E-state index contributed by atoms with van der Waals surface area (Å²) in [7, 11) is 0. The molecule has 1 N–H and O–H groups in total. The molecule has 1 aromatic rings. The Balaban J connectivity index is 1.71. The van der Waals surface area contributed by atoms with Crippen LogP contribution in [0, 0.1) is 0 Å². The Morgan fingerprint density at radius 1 is 0.933 bits per heavy atom. The first kappa shape index (κ1) is 9.33. The average molecular weight is 207 g/mol. The van der Waals surface area contributed by atoms with Crippen LogP contribution in [0.4, 0.5) is 0 Å². The highest BCUT2D eigenvalue weighted by atomic mass is 16.4. The van der Waals surface area contributed by atoms with E-state index in [2.05, 4.69) is 15.5 Å². The van der Waals surface area contributed by atoms with Gasteiger partial charge in [-0.2, -0.15) is 0 Å². The number of hydrogen-bond donors (Lipinski definition) is 1. The van der Waals surface area contributed by atoms with Gasteiger partial charge in [-0.15, -0.1) is 10.2 Å². The highest BCUT2D eigenvalue weighted by molar-refractivity contribution is 4.99. The summed E-state index contributed by atoms with van der Waals surface area (Å²) in [6.45, 7) is 2.15. The zero-order valence-corrected chi connectivity index (χ0v) is 8.91. The Bertz CT molecular complexity index is 326. The number of aromatic nitrogens is 2. The van der Waals surface area contributed by atoms with Crippen molar-refractivity contribution in [2.24, 2.45) is 0 Å². The van der Waals surface area contributed by atoms with E-state index in [-0.39, 0.29) is 0 Å². The van der Waals surface area contributed by atoms with Gasteiger partial charge < -0.3 is 9.73 Å². The van der Waals surface area contributed by atoms with E-state index in [9.17, 15) is 0 Å². The second-order valence-corrected chi connectivity index (χ2v) is 4.63. The molecule has 1 aromatic heterocycles. The van der Waals surface area contributed by atoms with Crippen molar-refractivity contribution in [1.82, 2.24) is 15.5 Å². The molecule has 1 saturated heterocycles. The van der Waals surface area contributed by atoms with Crippen LogP contribution >= 0.6 is 0 Å². The number of nitrogens with zero attached hydrogens (tertiary/aromatic N) is 2. The SMILES string of the molecule is C1CC(c2nnc(C3CCNCC3)o2)C1. The van der Waals surface area contributed by atoms with E-state index in [0.29, 0.717) is 11.8 Å². The normalized spacial score (nSPS) is 24.0. The maximum Gasteiger partial charge on any atom is 0.219 e. The molecule has 15 heavy (non-hydrogen) atoms. The van der Waals surface area contributed by atoms with Crippen molar-refractivity contribution >= 4 is 0 Å². The largest absolute Gasteiger partial charge is 0.425 e. The molecular formula is C11H17N3O. The van der Waals surface area contributed by atoms with Crippen LogP contribution in [0.1, 0.15) is 55.7 Å². The Kier molecular flexibility index (Phi) is 2.44. The van der Waals surface area contributed by atoms with Gasteiger partial charge in [-0.05, 0) is 38.8 Å². The first-order chi connectivity index (χ1) is 7.43. The van der Waals surface area contributed by atoms with Crippen LogP contribution in [-0.4, -0.2) is 23.3 Å². The molecule has 2 aliphatic rings. The van der Waals surface area contributed by atoms with Gasteiger partial charge in [0, 0.05) is 11.8 Å². The molecule has 2 fully saturated rings. The Morgan fingerprint density at radius 2 is 1.53 bits per heavy atom. The van der Waals surface area contributed by atoms with Gasteiger partial charge in [-0.25, -0.2) is 0 Å². The molecule has 82 valence electrons. The van der Waals surface area contributed by atoms with Crippen molar-refractivity contribution < 1.29 is 4.42 Å². The van der Waals surface area contributed by atoms with Crippen LogP contribution in [0.25, 0.3) is 0 Å². The number of piperidine rings is 1. The van der Waals surface area contributed by atoms with Crippen LogP contribution in [0.5, 0.6) is 0 Å². The maximum absolute atomic E-state index is 5.78. The molecule has 1 saturated carbocycles. The molecular weight excluding hydrogens is 190 g/mol. The summed E-state index contributed by atoms with van der Waals surface area (Å²) in [5, 5.41) is 11.7. The maximum atomic E-state index is 5.78. The van der Waals surface area contributed by atoms with Crippen LogP contribution in [0.3, 0.4) is 0 Å². The van der Waals surface area contributed by atoms with Gasteiger partial charge in [-0.1, -0.05) is 6.42 Å². The third kappa shape index (κ3) is 1.78. The summed E-state index contributed by atoms with van der Waals surface area (Å²) >= 11 is 0. The quantitative estimate of drug-likeness (QED) is 0.803. The van der Waals surface area contributed by atoms with Gasteiger partial charge in [0.1, 0.15) is 0 Å². The van der Waals surface area contributed by atoms with Crippen molar-refractivity contribution in [3.63, 3.8) is 0 Å². The van der Waals surface area contributed by atoms with E-state index in [1.807, 2.05) is 0 Å². The molecule has 2 heterocycles. The van der Waals surface area contributed by atoms with Crippen molar-refractivity contribution in [2.75, 3.05) is 13.1 Å². The second-order valence-electron chi connectivity index (χ2n) is 4.63. The molecule has 4 nitrogen and oxygen atoms in total. The van der Waals surface area contributed by atoms with Crippen molar-refractivity contribution in [3.05, 3.63) is 11.8 Å². The zero-order valence-electron chi connectivity index (χ0n) is 8.91. The van der Waals surface area contributed by atoms with Crippen LogP contribution in [-0.2, 0) is 0 Å². The van der Waals surface area contributed by atoms with E-state index < -0.39 is 0 Å². The standard InChI is InChI=1S/C11H17N3O/c1-2-8(3-1)10-13-14-11(15-10)9-4-6-12-7-5-9/h8-9,12H,1-7H2. The smallest absolute Gasteiger partial charge is 0.219 e. The fraction of sp³-hybridized carbons (Fsp3) is 0.818. The molecule has 0 unspecified atom stereocenters. The molecule has 0 spiro atoms. The zero-order chi connectivity index (χ0) is 10.1. The third-order valence-electron chi connectivity index (χ3n) is 3.60. The molecule has 0 bridgehead atoms. The molecule has 1 aliphatic heterocycles. The van der Waals surface area contributed by atoms with E-state index in [1.165, 1.54) is 19.3 Å². The number of nitrogens with one attached hydrogen (secondary N) is 1. The fourth-order valence-electron chi connectivity index (χ4n) is 2.30. The van der Waals surface area contributed by atoms with Crippen molar-refractivity contribution in [2.45, 2.75) is 43.9 Å². The first-order valence-corrected chi connectivity index (χ1v) is 5.97. The van der Waals surface area contributed by atoms with Crippen LogP contribution in [0.15, 0.2) is 4.42 Å². The Labute approximate surface area is 89.5 Å². The highest BCUT2D eigenvalue weighted by Gasteiger charge is 2.27. The number of rotatable bonds is 2. The lowest BCUT2D eigenvalue weighted by atomic mass is 9.85. The fourth-order valence-corrected chi connectivity index (χ4v) is 2.30. The highest BCUT2D eigenvalue weighted by Crippen LogP contribution is 2.36. The summed E-state index contributed by atoms with van der Waals surface area (Å²) in [5.74, 6) is 2.81. The summed E-state index contributed by atoms with van der Waals surface area (Å²) in [4.78, 5) is 0. The minimum atomic E-state index is 0.493. The van der Waals surface area contributed by atoms with Gasteiger partial charge >= 0.3 is 0 Å². The third-order valence-corrected chi connectivity index (χ3v) is 3.60. The predicted octanol–water partition coefficient (Wildman–Crippen LogP) is 1.80. The van der Waals surface area contributed by atoms with Gasteiger partial charge in [0.05, 0.1) is 0 Å². The van der Waals surface area contributed by atoms with Gasteiger partial charge in [0.25, 0.3) is 0 Å². The van der Waals surface area contributed by atoms with E-state index in [1.54, 1.807) is 0 Å².